The predicted octanol–water partition coefficient (Wildman–Crippen LogP) is 5.00. The van der Waals surface area contributed by atoms with Crippen LogP contribution < -0.4 is 21.1 Å². The van der Waals surface area contributed by atoms with E-state index < -0.39 is 35.8 Å². The molecule has 0 aliphatic carbocycles. The Morgan fingerprint density at radius 1 is 1.05 bits per heavy atom. The molecule has 0 bridgehead atoms. The lowest BCUT2D eigenvalue weighted by atomic mass is 10.1. The van der Waals surface area contributed by atoms with E-state index in [1.807, 2.05) is 19.1 Å². The summed E-state index contributed by atoms with van der Waals surface area (Å²) in [6.45, 7) is 4.94. The van der Waals surface area contributed by atoms with Gasteiger partial charge in [0.15, 0.2) is 11.5 Å². The van der Waals surface area contributed by atoms with Crippen LogP contribution in [0, 0.1) is 6.92 Å². The van der Waals surface area contributed by atoms with E-state index in [-0.39, 0.29) is 39.6 Å². The summed E-state index contributed by atoms with van der Waals surface area (Å²) in [5.41, 5.74) is 6.47. The van der Waals surface area contributed by atoms with E-state index in [4.69, 9.17) is 14.9 Å². The predicted molar refractivity (Wildman–Crippen MR) is 138 cm³/mol. The average molecular weight is 542 g/mol. The molecule has 0 aliphatic heterocycles. The number of methoxy groups -OCH3 is 1. The molecule has 2 amide bonds. The number of nitrogens with two attached hydrogens (primary N) is 1. The molecule has 2 aromatic carbocycles. The smallest absolute Gasteiger partial charge is 0.433 e. The van der Waals surface area contributed by atoms with E-state index in [0.29, 0.717) is 5.69 Å². The summed E-state index contributed by atoms with van der Waals surface area (Å²) in [5, 5.41) is 5.61. The van der Waals surface area contributed by atoms with E-state index in [1.54, 1.807) is 19.1 Å². The fraction of sp³-hybridized carbons (Fsp3) is 0.259. The van der Waals surface area contributed by atoms with Gasteiger partial charge in [0.25, 0.3) is 5.91 Å². The SMILES string of the molecule is COc1ccc(-c2nc(C(=O)N[C@H](C)C(=O)Nc3ccccc3C)c([C@H](C)N)o2)c2ccc(C(F)(F)F)nc12. The van der Waals surface area contributed by atoms with Crippen molar-refractivity contribution in [3.05, 3.63) is 71.2 Å². The minimum atomic E-state index is -4.66. The maximum Gasteiger partial charge on any atom is 0.433 e. The zero-order valence-corrected chi connectivity index (χ0v) is 21.5. The molecule has 2 atom stereocenters. The number of hydrogen-bond acceptors (Lipinski definition) is 7. The van der Waals surface area contributed by atoms with Gasteiger partial charge in [-0.1, -0.05) is 18.2 Å². The lowest BCUT2D eigenvalue weighted by Gasteiger charge is -2.15. The summed E-state index contributed by atoms with van der Waals surface area (Å²) >= 11 is 0. The van der Waals surface area contributed by atoms with Crippen molar-refractivity contribution in [2.75, 3.05) is 12.4 Å². The number of fused-ring (bicyclic) bond motifs is 1. The molecule has 0 aliphatic rings. The normalized spacial score (nSPS) is 13.1. The van der Waals surface area contributed by atoms with Crippen LogP contribution in [0.3, 0.4) is 0 Å². The maximum absolute atomic E-state index is 13.3. The quantitative estimate of drug-likeness (QED) is 0.300. The molecule has 2 heterocycles. The van der Waals surface area contributed by atoms with Gasteiger partial charge in [-0.05, 0) is 56.7 Å². The number of nitrogens with one attached hydrogen (secondary N) is 2. The van der Waals surface area contributed by atoms with Gasteiger partial charge in [0, 0.05) is 16.6 Å². The van der Waals surface area contributed by atoms with Gasteiger partial charge in [-0.15, -0.1) is 0 Å². The molecule has 0 spiro atoms. The average Bonchev–Trinajstić information content (AvgIpc) is 3.34. The first-order valence-corrected chi connectivity index (χ1v) is 11.9. The van der Waals surface area contributed by atoms with Crippen LogP contribution >= 0.6 is 0 Å². The van der Waals surface area contributed by atoms with Gasteiger partial charge in [-0.3, -0.25) is 9.59 Å². The largest absolute Gasteiger partial charge is 0.494 e. The topological polar surface area (TPSA) is 132 Å². The molecule has 4 N–H and O–H groups in total. The fourth-order valence-corrected chi connectivity index (χ4v) is 3.90. The van der Waals surface area contributed by atoms with Gasteiger partial charge in [0.1, 0.15) is 23.0 Å². The highest BCUT2D eigenvalue weighted by Crippen LogP contribution is 2.37. The standard InChI is InChI=1S/C27H26F3N5O4/c1-13-7-5-6-8-18(13)33-24(36)15(3)32-25(37)22-23(14(2)31)39-26(35-22)17-9-11-19(38-4)21-16(17)10-12-20(34-21)27(28,29)30/h5-12,14-15H,31H2,1-4H3,(H,32,37)(H,33,36)/t14-,15+/m0/s1. The van der Waals surface area contributed by atoms with Crippen LogP contribution in [0.15, 0.2) is 52.9 Å². The van der Waals surface area contributed by atoms with Gasteiger partial charge in [0.05, 0.1) is 13.2 Å². The monoisotopic (exact) mass is 541 g/mol. The number of nitrogens with zero attached hydrogens (tertiary/aromatic N) is 2. The zero-order valence-electron chi connectivity index (χ0n) is 21.5. The minimum Gasteiger partial charge on any atom is -0.494 e. The number of carbonyl (C=O) groups excluding carboxylic acids is 2. The van der Waals surface area contributed by atoms with Crippen LogP contribution in [0.5, 0.6) is 5.75 Å². The van der Waals surface area contributed by atoms with Crippen molar-refractivity contribution in [1.82, 2.24) is 15.3 Å². The van der Waals surface area contributed by atoms with Crippen molar-refractivity contribution in [3.8, 4) is 17.2 Å². The number of amides is 2. The van der Waals surface area contributed by atoms with E-state index in [9.17, 15) is 22.8 Å². The number of halogens is 3. The first-order chi connectivity index (χ1) is 18.4. The Kier molecular flexibility index (Phi) is 7.59. The number of anilines is 1. The van der Waals surface area contributed by atoms with E-state index >= 15 is 0 Å². The van der Waals surface area contributed by atoms with Crippen LogP contribution in [0.1, 0.15) is 47.4 Å². The zero-order chi connectivity index (χ0) is 28.5. The molecule has 4 aromatic rings. The second-order valence-corrected chi connectivity index (χ2v) is 8.93. The van der Waals surface area contributed by atoms with Crippen LogP contribution in [-0.4, -0.2) is 34.9 Å². The Morgan fingerprint density at radius 2 is 1.77 bits per heavy atom. The van der Waals surface area contributed by atoms with Crippen molar-refractivity contribution in [2.24, 2.45) is 5.73 Å². The highest BCUT2D eigenvalue weighted by Gasteiger charge is 2.33. The van der Waals surface area contributed by atoms with Gasteiger partial charge >= 0.3 is 6.18 Å². The number of rotatable bonds is 7. The lowest BCUT2D eigenvalue weighted by Crippen LogP contribution is -2.42. The Bertz CT molecular complexity index is 1550. The second kappa shape index (κ2) is 10.7. The molecule has 0 radical (unpaired) electrons. The van der Waals surface area contributed by atoms with Crippen molar-refractivity contribution in [2.45, 2.75) is 39.0 Å². The molecule has 204 valence electrons. The Hall–Kier alpha value is -4.45. The van der Waals surface area contributed by atoms with Gasteiger partial charge in [-0.25, -0.2) is 9.97 Å². The Labute approximate surface area is 221 Å². The molecule has 9 nitrogen and oxygen atoms in total. The number of aryl methyl sites for hydroxylation is 1. The van der Waals surface area contributed by atoms with Gasteiger partial charge < -0.3 is 25.5 Å². The summed E-state index contributed by atoms with van der Waals surface area (Å²) < 4.78 is 50.9. The molecule has 0 saturated carbocycles. The first-order valence-electron chi connectivity index (χ1n) is 11.9. The van der Waals surface area contributed by atoms with Crippen LogP contribution in [-0.2, 0) is 11.0 Å². The Morgan fingerprint density at radius 3 is 2.41 bits per heavy atom. The molecule has 0 saturated heterocycles. The summed E-state index contributed by atoms with van der Waals surface area (Å²) in [6, 6.07) is 10.5. The number of benzene rings is 2. The van der Waals surface area contributed by atoms with Crippen molar-refractivity contribution in [3.63, 3.8) is 0 Å². The molecule has 39 heavy (non-hydrogen) atoms. The number of alkyl halides is 3. The summed E-state index contributed by atoms with van der Waals surface area (Å²) in [4.78, 5) is 33.9. The third-order valence-corrected chi connectivity index (χ3v) is 5.99. The molecule has 12 heteroatoms. The molecular weight excluding hydrogens is 515 g/mol. The Balaban J connectivity index is 1.67. The van der Waals surface area contributed by atoms with Gasteiger partial charge in [0.2, 0.25) is 11.8 Å². The third-order valence-electron chi connectivity index (χ3n) is 5.99. The number of para-hydroxylation sites is 1. The molecule has 4 rings (SSSR count). The minimum absolute atomic E-state index is 0.0397. The number of ether oxygens (including phenoxy) is 1. The molecular formula is C27H26F3N5O4. The van der Waals surface area contributed by atoms with Crippen molar-refractivity contribution in [1.29, 1.82) is 0 Å². The number of hydrogen-bond donors (Lipinski definition) is 3. The first kappa shape index (κ1) is 27.6. The van der Waals surface area contributed by atoms with Crippen LogP contribution in [0.4, 0.5) is 18.9 Å². The van der Waals surface area contributed by atoms with Crippen molar-refractivity contribution < 1.29 is 31.9 Å². The summed E-state index contributed by atoms with van der Waals surface area (Å²) in [5.74, 6) is -1.06. The molecule has 2 aromatic heterocycles. The highest BCUT2D eigenvalue weighted by molar-refractivity contribution is 6.02. The highest BCUT2D eigenvalue weighted by atomic mass is 19.4. The summed E-state index contributed by atoms with van der Waals surface area (Å²) in [6.07, 6.45) is -4.66. The van der Waals surface area contributed by atoms with Crippen LogP contribution in [0.25, 0.3) is 22.4 Å². The maximum atomic E-state index is 13.3. The van der Waals surface area contributed by atoms with E-state index in [0.717, 1.165) is 11.6 Å². The fourth-order valence-electron chi connectivity index (χ4n) is 3.90. The van der Waals surface area contributed by atoms with E-state index in [1.165, 1.54) is 32.2 Å². The number of aromatic nitrogens is 2. The number of oxazole rings is 1. The van der Waals surface area contributed by atoms with Crippen LogP contribution in [0.2, 0.25) is 0 Å². The number of pyridine rings is 1. The van der Waals surface area contributed by atoms with Gasteiger partial charge in [-0.2, -0.15) is 13.2 Å². The second-order valence-electron chi connectivity index (χ2n) is 8.93. The van der Waals surface area contributed by atoms with E-state index in [2.05, 4.69) is 20.6 Å². The molecule has 0 unspecified atom stereocenters. The third kappa shape index (κ3) is 5.70. The number of carbonyl (C=O) groups is 2. The summed E-state index contributed by atoms with van der Waals surface area (Å²) in [7, 11) is 1.31. The molecule has 0 fully saturated rings. The van der Waals surface area contributed by atoms with Crippen molar-refractivity contribution >= 4 is 28.4 Å². The lowest BCUT2D eigenvalue weighted by molar-refractivity contribution is -0.141.